The molecule has 0 saturated carbocycles. The average Bonchev–Trinajstić information content (AvgIpc) is 2.83. The van der Waals surface area contributed by atoms with Crippen molar-refractivity contribution in [3.63, 3.8) is 0 Å². The Kier molecular flexibility index (Phi) is 3.37. The maximum absolute atomic E-state index is 12.6. The summed E-state index contributed by atoms with van der Waals surface area (Å²) < 4.78 is 16.9. The van der Waals surface area contributed by atoms with Crippen molar-refractivity contribution < 1.29 is 19.0 Å². The summed E-state index contributed by atoms with van der Waals surface area (Å²) in [4.78, 5) is 14.9. The molecule has 0 unspecified atom stereocenters. The Hall–Kier alpha value is -1.63. The van der Waals surface area contributed by atoms with E-state index in [2.05, 4.69) is 16.3 Å². The van der Waals surface area contributed by atoms with Gasteiger partial charge in [0, 0.05) is 24.5 Å². The average molecular weight is 318 g/mol. The Labute approximate surface area is 135 Å². The first-order chi connectivity index (χ1) is 11.0. The summed E-state index contributed by atoms with van der Waals surface area (Å²) in [5, 5.41) is 3.01. The molecule has 6 nitrogen and oxygen atoms in total. The number of rotatable bonds is 1. The second-order valence-corrected chi connectivity index (χ2v) is 6.84. The van der Waals surface area contributed by atoms with Gasteiger partial charge in [0.2, 0.25) is 5.91 Å². The highest BCUT2D eigenvalue weighted by molar-refractivity contribution is 6.07. The number of hydrogen-bond donors (Lipinski definition) is 1. The quantitative estimate of drug-likeness (QED) is 0.850. The van der Waals surface area contributed by atoms with Crippen LogP contribution in [0.3, 0.4) is 0 Å². The summed E-state index contributed by atoms with van der Waals surface area (Å²) in [5.41, 5.74) is 2.22. The van der Waals surface area contributed by atoms with E-state index in [1.807, 2.05) is 26.0 Å². The molecule has 2 fully saturated rings. The van der Waals surface area contributed by atoms with E-state index < -0.39 is 11.2 Å². The zero-order valence-electron chi connectivity index (χ0n) is 13.6. The van der Waals surface area contributed by atoms with Crippen LogP contribution in [0.25, 0.3) is 0 Å². The SMILES string of the molecule is CC1(C)OCC2(CO1)C(=O)Nc1cc(N3CCOCC3)ccc12. The van der Waals surface area contributed by atoms with Gasteiger partial charge in [0.1, 0.15) is 5.41 Å². The summed E-state index contributed by atoms with van der Waals surface area (Å²) in [6.45, 7) is 7.65. The van der Waals surface area contributed by atoms with Crippen molar-refractivity contribution >= 4 is 17.3 Å². The molecule has 3 heterocycles. The van der Waals surface area contributed by atoms with Crippen molar-refractivity contribution in [3.8, 4) is 0 Å². The van der Waals surface area contributed by atoms with Gasteiger partial charge in [-0.3, -0.25) is 4.79 Å². The molecule has 0 radical (unpaired) electrons. The third-order valence-electron chi connectivity index (χ3n) is 4.91. The highest BCUT2D eigenvalue weighted by Gasteiger charge is 2.52. The van der Waals surface area contributed by atoms with Crippen LogP contribution in [-0.4, -0.2) is 51.2 Å². The number of hydrogen-bond acceptors (Lipinski definition) is 5. The number of benzene rings is 1. The first-order valence-electron chi connectivity index (χ1n) is 8.07. The molecule has 4 rings (SSSR count). The standard InChI is InChI=1S/C17H22N2O4/c1-16(2)22-10-17(11-23-16)13-4-3-12(9-14(13)18-15(17)20)19-5-7-21-8-6-19/h3-4,9H,5-8,10-11H2,1-2H3,(H,18,20). The zero-order chi connectivity index (χ0) is 16.1. The van der Waals surface area contributed by atoms with Gasteiger partial charge >= 0.3 is 0 Å². The Balaban J connectivity index is 1.64. The van der Waals surface area contributed by atoms with Crippen LogP contribution < -0.4 is 10.2 Å². The molecule has 0 aromatic heterocycles. The summed E-state index contributed by atoms with van der Waals surface area (Å²) in [6.07, 6.45) is 0. The number of nitrogens with zero attached hydrogens (tertiary/aromatic N) is 1. The molecule has 1 aromatic carbocycles. The third-order valence-corrected chi connectivity index (χ3v) is 4.91. The predicted molar refractivity (Wildman–Crippen MR) is 85.8 cm³/mol. The van der Waals surface area contributed by atoms with Crippen LogP contribution in [0.4, 0.5) is 11.4 Å². The fourth-order valence-corrected chi connectivity index (χ4v) is 3.40. The first kappa shape index (κ1) is 14.9. The molecule has 2 saturated heterocycles. The van der Waals surface area contributed by atoms with E-state index in [0.29, 0.717) is 13.2 Å². The monoisotopic (exact) mass is 318 g/mol. The summed E-state index contributed by atoms with van der Waals surface area (Å²) in [6, 6.07) is 6.15. The second-order valence-electron chi connectivity index (χ2n) is 6.84. The Morgan fingerprint density at radius 2 is 1.83 bits per heavy atom. The minimum absolute atomic E-state index is 0.0397. The van der Waals surface area contributed by atoms with Crippen LogP contribution in [0.15, 0.2) is 18.2 Å². The van der Waals surface area contributed by atoms with Gasteiger partial charge in [-0.2, -0.15) is 0 Å². The topological polar surface area (TPSA) is 60.0 Å². The van der Waals surface area contributed by atoms with Crippen molar-refractivity contribution in [2.45, 2.75) is 25.0 Å². The molecule has 0 aliphatic carbocycles. The maximum Gasteiger partial charge on any atom is 0.239 e. The Morgan fingerprint density at radius 3 is 2.52 bits per heavy atom. The van der Waals surface area contributed by atoms with Gasteiger partial charge in [0.05, 0.1) is 26.4 Å². The van der Waals surface area contributed by atoms with Gasteiger partial charge < -0.3 is 24.4 Å². The van der Waals surface area contributed by atoms with Crippen LogP contribution >= 0.6 is 0 Å². The van der Waals surface area contributed by atoms with E-state index in [1.165, 1.54) is 0 Å². The van der Waals surface area contributed by atoms with Gasteiger partial charge in [-0.1, -0.05) is 6.07 Å². The van der Waals surface area contributed by atoms with Gasteiger partial charge in [0.15, 0.2) is 5.79 Å². The van der Waals surface area contributed by atoms with Gasteiger partial charge in [0.25, 0.3) is 0 Å². The minimum atomic E-state index is -0.728. The largest absolute Gasteiger partial charge is 0.378 e. The van der Waals surface area contributed by atoms with Gasteiger partial charge in [-0.05, 0) is 31.5 Å². The number of carbonyl (C=O) groups is 1. The van der Waals surface area contributed by atoms with E-state index in [4.69, 9.17) is 14.2 Å². The normalized spacial score (nSPS) is 25.3. The number of ether oxygens (including phenoxy) is 3. The number of morpholine rings is 1. The summed E-state index contributed by atoms with van der Waals surface area (Å²) in [7, 11) is 0. The molecule has 3 aliphatic heterocycles. The number of carbonyl (C=O) groups excluding carboxylic acids is 1. The van der Waals surface area contributed by atoms with Crippen LogP contribution in [0.2, 0.25) is 0 Å². The third kappa shape index (κ3) is 2.41. The predicted octanol–water partition coefficient (Wildman–Crippen LogP) is 1.50. The minimum Gasteiger partial charge on any atom is -0.378 e. The molecule has 1 aromatic rings. The first-order valence-corrected chi connectivity index (χ1v) is 8.07. The lowest BCUT2D eigenvalue weighted by atomic mass is 9.82. The number of anilines is 2. The smallest absolute Gasteiger partial charge is 0.239 e. The summed E-state index contributed by atoms with van der Waals surface area (Å²) in [5.74, 6) is -0.677. The maximum atomic E-state index is 12.6. The van der Waals surface area contributed by atoms with Crippen LogP contribution in [0.5, 0.6) is 0 Å². The molecule has 1 N–H and O–H groups in total. The van der Waals surface area contributed by atoms with Crippen molar-refractivity contribution in [1.82, 2.24) is 0 Å². The van der Waals surface area contributed by atoms with Gasteiger partial charge in [-0.15, -0.1) is 0 Å². The lowest BCUT2D eigenvalue weighted by Gasteiger charge is -2.40. The Morgan fingerprint density at radius 1 is 1.13 bits per heavy atom. The zero-order valence-corrected chi connectivity index (χ0v) is 13.6. The van der Waals surface area contributed by atoms with Crippen molar-refractivity contribution in [2.75, 3.05) is 49.7 Å². The van der Waals surface area contributed by atoms with E-state index in [1.54, 1.807) is 0 Å². The van der Waals surface area contributed by atoms with Crippen LogP contribution in [0.1, 0.15) is 19.4 Å². The molecule has 6 heteroatoms. The molecule has 1 amide bonds. The van der Waals surface area contributed by atoms with Crippen LogP contribution in [-0.2, 0) is 24.4 Å². The molecule has 1 spiro atoms. The molecule has 124 valence electrons. The molecule has 0 atom stereocenters. The molecular formula is C17H22N2O4. The Bertz CT molecular complexity index is 627. The highest BCUT2D eigenvalue weighted by atomic mass is 16.7. The molecule has 23 heavy (non-hydrogen) atoms. The highest BCUT2D eigenvalue weighted by Crippen LogP contribution is 2.43. The number of amides is 1. The second kappa shape index (κ2) is 5.19. The fraction of sp³-hybridized carbons (Fsp3) is 0.588. The molecule has 3 aliphatic rings. The fourth-order valence-electron chi connectivity index (χ4n) is 3.40. The van der Waals surface area contributed by atoms with E-state index in [-0.39, 0.29) is 5.91 Å². The van der Waals surface area contributed by atoms with E-state index >= 15 is 0 Å². The van der Waals surface area contributed by atoms with E-state index in [9.17, 15) is 4.79 Å². The van der Waals surface area contributed by atoms with Gasteiger partial charge in [-0.25, -0.2) is 0 Å². The van der Waals surface area contributed by atoms with Crippen molar-refractivity contribution in [3.05, 3.63) is 23.8 Å². The lowest BCUT2D eigenvalue weighted by molar-refractivity contribution is -0.264. The number of nitrogens with one attached hydrogen (secondary N) is 1. The molecular weight excluding hydrogens is 296 g/mol. The van der Waals surface area contributed by atoms with Crippen LogP contribution in [0, 0.1) is 0 Å². The lowest BCUT2D eigenvalue weighted by Crippen LogP contribution is -2.52. The van der Waals surface area contributed by atoms with E-state index in [0.717, 1.165) is 43.2 Å². The van der Waals surface area contributed by atoms with Crippen molar-refractivity contribution in [1.29, 1.82) is 0 Å². The van der Waals surface area contributed by atoms with Crippen molar-refractivity contribution in [2.24, 2.45) is 0 Å². The molecule has 0 bridgehead atoms. The summed E-state index contributed by atoms with van der Waals surface area (Å²) >= 11 is 0. The number of fused-ring (bicyclic) bond motifs is 2.